The molecule has 2 aliphatic heterocycles. The van der Waals surface area contributed by atoms with E-state index in [1.807, 2.05) is 17.9 Å². The van der Waals surface area contributed by atoms with Crippen LogP contribution in [-0.4, -0.2) is 63.0 Å². The Morgan fingerprint density at radius 3 is 2.57 bits per heavy atom. The number of piperidine rings is 1. The van der Waals surface area contributed by atoms with E-state index in [4.69, 9.17) is 0 Å². The van der Waals surface area contributed by atoms with Gasteiger partial charge in [0.05, 0.1) is 12.3 Å². The van der Waals surface area contributed by atoms with Crippen LogP contribution in [-0.2, 0) is 13.6 Å². The van der Waals surface area contributed by atoms with Crippen LogP contribution >= 0.6 is 0 Å². The molecule has 0 spiro atoms. The van der Waals surface area contributed by atoms with Crippen LogP contribution in [0.15, 0.2) is 12.4 Å². The fraction of sp³-hybridized carbons (Fsp3) is 0.812. The minimum absolute atomic E-state index is 0.214. The quantitative estimate of drug-likeness (QED) is 0.910. The van der Waals surface area contributed by atoms with E-state index in [1.165, 1.54) is 44.3 Å². The lowest BCUT2D eigenvalue weighted by atomic mass is 9.99. The average molecular weight is 292 g/mol. The number of aryl methyl sites for hydroxylation is 1. The normalized spacial score (nSPS) is 29.4. The summed E-state index contributed by atoms with van der Waals surface area (Å²) in [5, 5.41) is 14.8. The van der Waals surface area contributed by atoms with E-state index in [9.17, 15) is 5.11 Å². The van der Waals surface area contributed by atoms with Crippen LogP contribution in [0.25, 0.3) is 0 Å². The maximum atomic E-state index is 10.6. The molecule has 1 N–H and O–H groups in total. The Morgan fingerprint density at radius 2 is 1.95 bits per heavy atom. The van der Waals surface area contributed by atoms with Crippen molar-refractivity contribution in [3.63, 3.8) is 0 Å². The van der Waals surface area contributed by atoms with E-state index < -0.39 is 0 Å². The van der Waals surface area contributed by atoms with Gasteiger partial charge in [-0.3, -0.25) is 14.5 Å². The Labute approximate surface area is 127 Å². The summed E-state index contributed by atoms with van der Waals surface area (Å²) in [6.45, 7) is 5.11. The fourth-order valence-electron chi connectivity index (χ4n) is 3.79. The van der Waals surface area contributed by atoms with E-state index in [0.717, 1.165) is 26.1 Å². The SMILES string of the molecule is Cn1cc(CN2CC[C@@H](N3CCCCCC3)[C@H](O)C2)cn1. The number of nitrogens with zero attached hydrogens (tertiary/aromatic N) is 4. The Bertz CT molecular complexity index is 439. The second kappa shape index (κ2) is 6.90. The van der Waals surface area contributed by atoms with E-state index in [-0.39, 0.29) is 6.10 Å². The Kier molecular flexibility index (Phi) is 4.93. The zero-order valence-electron chi connectivity index (χ0n) is 13.1. The number of hydrogen-bond donors (Lipinski definition) is 1. The van der Waals surface area contributed by atoms with Crippen molar-refractivity contribution in [2.75, 3.05) is 26.2 Å². The predicted octanol–water partition coefficient (Wildman–Crippen LogP) is 1.23. The lowest BCUT2D eigenvalue weighted by Crippen LogP contribution is -2.54. The van der Waals surface area contributed by atoms with Crippen LogP contribution in [0.5, 0.6) is 0 Å². The van der Waals surface area contributed by atoms with Crippen LogP contribution < -0.4 is 0 Å². The van der Waals surface area contributed by atoms with E-state index in [0.29, 0.717) is 6.04 Å². The molecule has 118 valence electrons. The minimum atomic E-state index is -0.214. The summed E-state index contributed by atoms with van der Waals surface area (Å²) in [4.78, 5) is 4.90. The molecule has 5 heteroatoms. The molecule has 3 rings (SSSR count). The number of hydrogen-bond acceptors (Lipinski definition) is 4. The molecule has 0 unspecified atom stereocenters. The first-order valence-electron chi connectivity index (χ1n) is 8.34. The van der Waals surface area contributed by atoms with Crippen molar-refractivity contribution >= 4 is 0 Å². The van der Waals surface area contributed by atoms with Crippen LogP contribution in [0.1, 0.15) is 37.7 Å². The molecular formula is C16H28N4O. The average Bonchev–Trinajstić information content (AvgIpc) is 2.72. The molecule has 1 aromatic rings. The van der Waals surface area contributed by atoms with Gasteiger partial charge < -0.3 is 5.11 Å². The fourth-order valence-corrected chi connectivity index (χ4v) is 3.79. The van der Waals surface area contributed by atoms with Crippen LogP contribution in [0.2, 0.25) is 0 Å². The van der Waals surface area contributed by atoms with Crippen molar-refractivity contribution in [3.8, 4) is 0 Å². The van der Waals surface area contributed by atoms with Gasteiger partial charge in [0, 0.05) is 44.5 Å². The highest BCUT2D eigenvalue weighted by atomic mass is 16.3. The molecule has 5 nitrogen and oxygen atoms in total. The largest absolute Gasteiger partial charge is 0.390 e. The van der Waals surface area contributed by atoms with Gasteiger partial charge in [-0.2, -0.15) is 5.10 Å². The lowest BCUT2D eigenvalue weighted by molar-refractivity contribution is -0.0144. The summed E-state index contributed by atoms with van der Waals surface area (Å²) >= 11 is 0. The van der Waals surface area contributed by atoms with Crippen molar-refractivity contribution < 1.29 is 5.11 Å². The third kappa shape index (κ3) is 3.84. The molecule has 2 saturated heterocycles. The lowest BCUT2D eigenvalue weighted by Gasteiger charge is -2.41. The van der Waals surface area contributed by atoms with Crippen molar-refractivity contribution in [1.82, 2.24) is 19.6 Å². The Morgan fingerprint density at radius 1 is 1.19 bits per heavy atom. The molecule has 0 radical (unpaired) electrons. The van der Waals surface area contributed by atoms with E-state index in [2.05, 4.69) is 21.1 Å². The summed E-state index contributed by atoms with van der Waals surface area (Å²) in [6, 6.07) is 0.369. The molecule has 1 aromatic heterocycles. The zero-order chi connectivity index (χ0) is 14.7. The summed E-state index contributed by atoms with van der Waals surface area (Å²) in [6.07, 6.45) is 10.2. The van der Waals surface area contributed by atoms with Gasteiger partial charge in [-0.15, -0.1) is 0 Å². The molecule has 2 aliphatic rings. The number of aliphatic hydroxyl groups excluding tert-OH is 1. The minimum Gasteiger partial charge on any atom is -0.390 e. The summed E-state index contributed by atoms with van der Waals surface area (Å²) < 4.78 is 1.84. The standard InChI is InChI=1S/C16H28N4O/c1-18-11-14(10-17-18)12-19-9-6-15(16(21)13-19)20-7-4-2-3-5-8-20/h10-11,15-16,21H,2-9,12-13H2,1H3/t15-,16-/m1/s1. The van der Waals surface area contributed by atoms with Gasteiger partial charge in [0.2, 0.25) is 0 Å². The third-order valence-electron chi connectivity index (χ3n) is 4.90. The number of β-amino-alcohol motifs (C(OH)–C–C–N with tert-alkyl or cyclic N) is 1. The molecule has 0 amide bonds. The first-order valence-corrected chi connectivity index (χ1v) is 8.34. The van der Waals surface area contributed by atoms with Gasteiger partial charge in [-0.05, 0) is 32.4 Å². The highest BCUT2D eigenvalue weighted by molar-refractivity contribution is 5.04. The molecular weight excluding hydrogens is 264 g/mol. The number of rotatable bonds is 3. The molecule has 0 saturated carbocycles. The zero-order valence-corrected chi connectivity index (χ0v) is 13.1. The second-order valence-corrected chi connectivity index (χ2v) is 6.63. The van der Waals surface area contributed by atoms with Gasteiger partial charge in [0.15, 0.2) is 0 Å². The van der Waals surface area contributed by atoms with Crippen molar-refractivity contribution in [3.05, 3.63) is 18.0 Å². The first-order chi connectivity index (χ1) is 10.2. The van der Waals surface area contributed by atoms with Crippen LogP contribution in [0.4, 0.5) is 0 Å². The van der Waals surface area contributed by atoms with Gasteiger partial charge in [0.25, 0.3) is 0 Å². The van der Waals surface area contributed by atoms with Crippen molar-refractivity contribution in [2.24, 2.45) is 7.05 Å². The molecule has 0 bridgehead atoms. The maximum Gasteiger partial charge on any atom is 0.0822 e. The third-order valence-corrected chi connectivity index (χ3v) is 4.90. The maximum absolute atomic E-state index is 10.6. The van der Waals surface area contributed by atoms with Gasteiger partial charge in [-0.25, -0.2) is 0 Å². The monoisotopic (exact) mass is 292 g/mol. The summed E-state index contributed by atoms with van der Waals surface area (Å²) in [5.41, 5.74) is 1.23. The predicted molar refractivity (Wildman–Crippen MR) is 82.9 cm³/mol. The molecule has 0 aliphatic carbocycles. The van der Waals surface area contributed by atoms with Crippen molar-refractivity contribution in [1.29, 1.82) is 0 Å². The first kappa shape index (κ1) is 15.0. The topological polar surface area (TPSA) is 44.5 Å². The number of likely N-dealkylation sites (tertiary alicyclic amines) is 2. The number of aromatic nitrogens is 2. The molecule has 21 heavy (non-hydrogen) atoms. The highest BCUT2D eigenvalue weighted by Crippen LogP contribution is 2.22. The van der Waals surface area contributed by atoms with E-state index >= 15 is 0 Å². The van der Waals surface area contributed by atoms with Gasteiger partial charge in [-0.1, -0.05) is 12.8 Å². The summed E-state index contributed by atoms with van der Waals surface area (Å²) in [5.74, 6) is 0. The molecule has 0 aromatic carbocycles. The van der Waals surface area contributed by atoms with Crippen molar-refractivity contribution in [2.45, 2.75) is 50.8 Å². The van der Waals surface area contributed by atoms with Crippen LogP contribution in [0.3, 0.4) is 0 Å². The Hall–Kier alpha value is -0.910. The van der Waals surface area contributed by atoms with Gasteiger partial charge in [0.1, 0.15) is 0 Å². The molecule has 3 heterocycles. The van der Waals surface area contributed by atoms with Gasteiger partial charge >= 0.3 is 0 Å². The molecule has 2 fully saturated rings. The van der Waals surface area contributed by atoms with Crippen LogP contribution in [0, 0.1) is 0 Å². The summed E-state index contributed by atoms with van der Waals surface area (Å²) in [7, 11) is 1.95. The second-order valence-electron chi connectivity index (χ2n) is 6.63. The van der Waals surface area contributed by atoms with E-state index in [1.54, 1.807) is 0 Å². The molecule has 2 atom stereocenters. The highest BCUT2D eigenvalue weighted by Gasteiger charge is 2.32. The number of aliphatic hydroxyl groups is 1. The smallest absolute Gasteiger partial charge is 0.0822 e. The Balaban J connectivity index is 1.53.